The van der Waals surface area contributed by atoms with Crippen molar-refractivity contribution < 1.29 is 27.4 Å². The predicted octanol–water partition coefficient (Wildman–Crippen LogP) is 2.56. The summed E-state index contributed by atoms with van der Waals surface area (Å²) in [6.45, 7) is 7.01. The average molecular weight is 470 g/mol. The first-order valence-electron chi connectivity index (χ1n) is 10.9. The van der Waals surface area contributed by atoms with Gasteiger partial charge in [-0.3, -0.25) is 9.69 Å². The van der Waals surface area contributed by atoms with Gasteiger partial charge in [0, 0.05) is 31.7 Å². The van der Waals surface area contributed by atoms with Crippen LogP contribution in [0.25, 0.3) is 5.82 Å². The Labute approximate surface area is 190 Å². The molecule has 1 saturated heterocycles. The first-order chi connectivity index (χ1) is 15.8. The Bertz CT molecular complexity index is 909. The molecular weight excluding hydrogens is 441 g/mol. The lowest BCUT2D eigenvalue weighted by molar-refractivity contribution is -0.143. The van der Waals surface area contributed by atoms with Gasteiger partial charge >= 0.3 is 6.18 Å². The van der Waals surface area contributed by atoms with E-state index in [1.165, 1.54) is 19.2 Å². The summed E-state index contributed by atoms with van der Waals surface area (Å²) in [6, 6.07) is 2.66. The Kier molecular flexibility index (Phi) is 8.25. The number of ether oxygens (including phenoxy) is 2. The number of nitrogens with zero attached hydrogens (tertiary/aromatic N) is 5. The SMILES string of the molecule is CCC(CC)[C@@H](CNC(=O)c1cnn(-c2ccc(OC)nn2)c1C(F)(F)F)N1CCOCC1. The normalized spacial score (nSPS) is 16.1. The minimum atomic E-state index is -4.83. The molecule has 0 radical (unpaired) electrons. The van der Waals surface area contributed by atoms with Crippen LogP contribution < -0.4 is 10.1 Å². The Balaban J connectivity index is 1.84. The molecule has 1 fully saturated rings. The Morgan fingerprint density at radius 1 is 1.21 bits per heavy atom. The average Bonchev–Trinajstić information content (AvgIpc) is 3.28. The van der Waals surface area contributed by atoms with Gasteiger partial charge in [0.15, 0.2) is 11.5 Å². The Hall–Kier alpha value is -2.73. The van der Waals surface area contributed by atoms with E-state index in [4.69, 9.17) is 9.47 Å². The zero-order valence-corrected chi connectivity index (χ0v) is 18.9. The summed E-state index contributed by atoms with van der Waals surface area (Å²) in [4.78, 5) is 15.1. The van der Waals surface area contributed by atoms with E-state index in [0.717, 1.165) is 32.1 Å². The molecule has 1 N–H and O–H groups in total. The number of carbonyl (C=O) groups is 1. The van der Waals surface area contributed by atoms with Crippen LogP contribution in [0.2, 0.25) is 0 Å². The lowest BCUT2D eigenvalue weighted by atomic mass is 9.92. The third kappa shape index (κ3) is 5.80. The van der Waals surface area contributed by atoms with Crippen molar-refractivity contribution >= 4 is 5.91 Å². The Morgan fingerprint density at radius 3 is 2.45 bits per heavy atom. The minimum absolute atomic E-state index is 0.00434. The molecule has 1 aliphatic heterocycles. The standard InChI is InChI=1S/C21H29F3N6O3/c1-4-14(5-2)16(29-8-10-33-11-9-29)13-25-20(31)15-12-26-30(19(15)21(22,23)24)17-6-7-18(32-3)28-27-17/h6-7,12,14,16H,4-5,8-11,13H2,1-3H3,(H,25,31)/t16-/m1/s1. The van der Waals surface area contributed by atoms with Crippen LogP contribution in [0.1, 0.15) is 42.7 Å². The summed E-state index contributed by atoms with van der Waals surface area (Å²) < 4.78 is 52.7. The maximum Gasteiger partial charge on any atom is 0.434 e. The van der Waals surface area contributed by atoms with E-state index in [9.17, 15) is 18.0 Å². The molecule has 0 bridgehead atoms. The number of methoxy groups -OCH3 is 1. The van der Waals surface area contributed by atoms with Gasteiger partial charge < -0.3 is 14.8 Å². The lowest BCUT2D eigenvalue weighted by Gasteiger charge is -2.38. The Morgan fingerprint density at radius 2 is 1.91 bits per heavy atom. The maximum atomic E-state index is 13.9. The van der Waals surface area contributed by atoms with Gasteiger partial charge in [0.1, 0.15) is 0 Å². The van der Waals surface area contributed by atoms with Gasteiger partial charge in [-0.1, -0.05) is 26.7 Å². The summed E-state index contributed by atoms with van der Waals surface area (Å²) in [5, 5.41) is 13.9. The van der Waals surface area contributed by atoms with E-state index in [1.54, 1.807) is 0 Å². The highest BCUT2D eigenvalue weighted by Gasteiger charge is 2.41. The second-order valence-electron chi connectivity index (χ2n) is 7.75. The van der Waals surface area contributed by atoms with E-state index in [-0.39, 0.29) is 24.3 Å². The number of alkyl halides is 3. The molecule has 3 heterocycles. The van der Waals surface area contributed by atoms with Crippen molar-refractivity contribution in [2.75, 3.05) is 40.0 Å². The fourth-order valence-corrected chi connectivity index (χ4v) is 4.12. The van der Waals surface area contributed by atoms with Gasteiger partial charge in [0.05, 0.1) is 32.1 Å². The van der Waals surface area contributed by atoms with Crippen molar-refractivity contribution in [2.24, 2.45) is 5.92 Å². The first kappa shape index (κ1) is 24.9. The van der Waals surface area contributed by atoms with Crippen molar-refractivity contribution in [1.82, 2.24) is 30.2 Å². The third-order valence-corrected chi connectivity index (χ3v) is 5.91. The molecule has 0 saturated carbocycles. The first-order valence-corrected chi connectivity index (χ1v) is 10.9. The van der Waals surface area contributed by atoms with Crippen molar-refractivity contribution in [3.05, 3.63) is 29.6 Å². The zero-order chi connectivity index (χ0) is 24.0. The molecule has 0 unspecified atom stereocenters. The quantitative estimate of drug-likeness (QED) is 0.602. The summed E-state index contributed by atoms with van der Waals surface area (Å²) in [5.41, 5.74) is -1.77. The molecule has 1 aliphatic rings. The van der Waals surface area contributed by atoms with Gasteiger partial charge in [-0.2, -0.15) is 18.3 Å². The molecular formula is C21H29F3N6O3. The van der Waals surface area contributed by atoms with Crippen LogP contribution in [0, 0.1) is 5.92 Å². The fraction of sp³-hybridized carbons (Fsp3) is 0.619. The molecule has 12 heteroatoms. The number of hydrogen-bond donors (Lipinski definition) is 1. The van der Waals surface area contributed by atoms with E-state index < -0.39 is 23.3 Å². The molecule has 0 spiro atoms. The van der Waals surface area contributed by atoms with Crippen LogP contribution in [-0.2, 0) is 10.9 Å². The monoisotopic (exact) mass is 470 g/mol. The number of rotatable bonds is 9. The molecule has 182 valence electrons. The van der Waals surface area contributed by atoms with Gasteiger partial charge in [0.25, 0.3) is 5.91 Å². The molecule has 1 amide bonds. The van der Waals surface area contributed by atoms with E-state index in [2.05, 4.69) is 39.4 Å². The number of carbonyl (C=O) groups excluding carboxylic acids is 1. The largest absolute Gasteiger partial charge is 0.480 e. The number of nitrogens with one attached hydrogen (secondary N) is 1. The van der Waals surface area contributed by atoms with Crippen molar-refractivity contribution in [1.29, 1.82) is 0 Å². The minimum Gasteiger partial charge on any atom is -0.480 e. The van der Waals surface area contributed by atoms with Crippen molar-refractivity contribution in [3.63, 3.8) is 0 Å². The second kappa shape index (κ2) is 10.9. The highest BCUT2D eigenvalue weighted by molar-refractivity contribution is 5.95. The van der Waals surface area contributed by atoms with Crippen LogP contribution in [0.3, 0.4) is 0 Å². The summed E-state index contributed by atoms with van der Waals surface area (Å²) in [6.07, 6.45) is -2.12. The topological polar surface area (TPSA) is 94.4 Å². The number of morpholine rings is 1. The van der Waals surface area contributed by atoms with Crippen molar-refractivity contribution in [3.8, 4) is 11.7 Å². The summed E-state index contributed by atoms with van der Waals surface area (Å²) in [5.74, 6) is -0.569. The predicted molar refractivity (Wildman–Crippen MR) is 113 cm³/mol. The van der Waals surface area contributed by atoms with Crippen LogP contribution >= 0.6 is 0 Å². The summed E-state index contributed by atoms with van der Waals surface area (Å²) >= 11 is 0. The fourth-order valence-electron chi connectivity index (χ4n) is 4.12. The van der Waals surface area contributed by atoms with Gasteiger partial charge in [-0.15, -0.1) is 10.2 Å². The van der Waals surface area contributed by atoms with Crippen molar-refractivity contribution in [2.45, 2.75) is 38.9 Å². The molecule has 9 nitrogen and oxygen atoms in total. The van der Waals surface area contributed by atoms with Crippen LogP contribution in [0.15, 0.2) is 18.3 Å². The zero-order valence-electron chi connectivity index (χ0n) is 18.9. The second-order valence-corrected chi connectivity index (χ2v) is 7.75. The van der Waals surface area contributed by atoms with Crippen LogP contribution in [-0.4, -0.2) is 76.8 Å². The number of halogens is 3. The smallest absolute Gasteiger partial charge is 0.434 e. The highest BCUT2D eigenvalue weighted by Crippen LogP contribution is 2.33. The molecule has 1 atom stereocenters. The van der Waals surface area contributed by atoms with E-state index in [1.807, 2.05) is 0 Å². The van der Waals surface area contributed by atoms with Gasteiger partial charge in [0.2, 0.25) is 5.88 Å². The molecule has 0 aromatic carbocycles. The lowest BCUT2D eigenvalue weighted by Crippen LogP contribution is -2.52. The van der Waals surface area contributed by atoms with Crippen LogP contribution in [0.5, 0.6) is 5.88 Å². The molecule has 0 aliphatic carbocycles. The molecule has 33 heavy (non-hydrogen) atoms. The number of aromatic nitrogens is 4. The molecule has 2 aromatic rings. The summed E-state index contributed by atoms with van der Waals surface area (Å²) in [7, 11) is 1.37. The van der Waals surface area contributed by atoms with E-state index >= 15 is 0 Å². The van der Waals surface area contributed by atoms with E-state index in [0.29, 0.717) is 23.8 Å². The van der Waals surface area contributed by atoms with Crippen LogP contribution in [0.4, 0.5) is 13.2 Å². The maximum absolute atomic E-state index is 13.9. The molecule has 3 rings (SSSR count). The molecule has 2 aromatic heterocycles. The highest BCUT2D eigenvalue weighted by atomic mass is 19.4. The number of hydrogen-bond acceptors (Lipinski definition) is 7. The number of amides is 1. The third-order valence-electron chi connectivity index (χ3n) is 5.91. The van der Waals surface area contributed by atoms with Gasteiger partial charge in [-0.25, -0.2) is 4.68 Å². The van der Waals surface area contributed by atoms with Gasteiger partial charge in [-0.05, 0) is 12.0 Å².